The molecule has 4 N–H and O–H groups in total. The molecule has 5 nitrogen and oxygen atoms in total. The molecular formula is C15H20N2O3. The molecule has 1 aliphatic carbocycles. The zero-order valence-corrected chi connectivity index (χ0v) is 11.3. The molecule has 0 aromatic heterocycles. The summed E-state index contributed by atoms with van der Waals surface area (Å²) in [4.78, 5) is 22.7. The number of aromatic carboxylic acids is 1. The monoisotopic (exact) mass is 276 g/mol. The van der Waals surface area contributed by atoms with Crippen molar-refractivity contribution in [3.8, 4) is 0 Å². The maximum atomic E-state index is 12.0. The molecule has 1 aromatic carbocycles. The van der Waals surface area contributed by atoms with Gasteiger partial charge >= 0.3 is 5.97 Å². The quantitative estimate of drug-likeness (QED) is 0.777. The first-order valence-corrected chi connectivity index (χ1v) is 6.92. The number of benzene rings is 1. The summed E-state index contributed by atoms with van der Waals surface area (Å²) in [5, 5.41) is 11.7. The summed E-state index contributed by atoms with van der Waals surface area (Å²) in [6.07, 6.45) is 3.52. The Morgan fingerprint density at radius 1 is 1.15 bits per heavy atom. The molecule has 0 heterocycles. The molecule has 5 heteroatoms. The fourth-order valence-corrected chi connectivity index (χ4v) is 2.48. The van der Waals surface area contributed by atoms with Crippen LogP contribution in [-0.4, -0.2) is 23.0 Å². The van der Waals surface area contributed by atoms with Crippen molar-refractivity contribution in [3.63, 3.8) is 0 Å². The van der Waals surface area contributed by atoms with Crippen LogP contribution in [0.15, 0.2) is 24.3 Å². The van der Waals surface area contributed by atoms with E-state index in [1.54, 1.807) is 24.3 Å². The van der Waals surface area contributed by atoms with Gasteiger partial charge in [-0.1, -0.05) is 12.1 Å². The number of carbonyl (C=O) groups excluding carboxylic acids is 1. The van der Waals surface area contributed by atoms with Crippen LogP contribution in [-0.2, 0) is 11.3 Å². The lowest BCUT2D eigenvalue weighted by molar-refractivity contribution is -0.126. The molecule has 0 aliphatic heterocycles. The van der Waals surface area contributed by atoms with Gasteiger partial charge in [-0.05, 0) is 43.4 Å². The van der Waals surface area contributed by atoms with Crippen LogP contribution in [0.1, 0.15) is 41.6 Å². The predicted octanol–water partition coefficient (Wildman–Crippen LogP) is 1.52. The van der Waals surface area contributed by atoms with Crippen LogP contribution in [0, 0.1) is 5.92 Å². The molecule has 0 spiro atoms. The molecular weight excluding hydrogens is 256 g/mol. The van der Waals surface area contributed by atoms with E-state index in [-0.39, 0.29) is 23.4 Å². The number of nitrogens with two attached hydrogens (primary N) is 1. The van der Waals surface area contributed by atoms with Gasteiger partial charge in [-0.3, -0.25) is 4.79 Å². The highest BCUT2D eigenvalue weighted by atomic mass is 16.4. The number of carboxylic acids is 1. The molecule has 1 fully saturated rings. The fourth-order valence-electron chi connectivity index (χ4n) is 2.48. The Morgan fingerprint density at radius 2 is 1.75 bits per heavy atom. The van der Waals surface area contributed by atoms with E-state index >= 15 is 0 Å². The van der Waals surface area contributed by atoms with Crippen LogP contribution in [0.3, 0.4) is 0 Å². The first-order valence-electron chi connectivity index (χ1n) is 6.92. The molecule has 0 atom stereocenters. The minimum atomic E-state index is -0.945. The van der Waals surface area contributed by atoms with Gasteiger partial charge < -0.3 is 16.2 Å². The summed E-state index contributed by atoms with van der Waals surface area (Å²) in [5.74, 6) is -0.813. The maximum Gasteiger partial charge on any atom is 0.335 e. The van der Waals surface area contributed by atoms with Crippen LogP contribution in [0.5, 0.6) is 0 Å². The Bertz CT molecular complexity index is 476. The molecule has 108 valence electrons. The van der Waals surface area contributed by atoms with Crippen molar-refractivity contribution in [2.45, 2.75) is 38.3 Å². The standard InChI is InChI=1S/C15H20N2O3/c16-13-7-5-11(6-8-13)14(18)17-9-10-1-3-12(4-2-10)15(19)20/h1-4,11,13H,5-9,16H2,(H,17,18)(H,19,20). The Hall–Kier alpha value is -1.88. The number of rotatable bonds is 4. The number of carboxylic acid groups (broad SMARTS) is 1. The van der Waals surface area contributed by atoms with Gasteiger partial charge in [0.05, 0.1) is 5.56 Å². The average Bonchev–Trinajstić information content (AvgIpc) is 2.46. The van der Waals surface area contributed by atoms with Crippen LogP contribution >= 0.6 is 0 Å². The third-order valence-corrected chi connectivity index (χ3v) is 3.81. The van der Waals surface area contributed by atoms with E-state index in [1.807, 2.05) is 0 Å². The number of carbonyl (C=O) groups is 2. The van der Waals surface area contributed by atoms with Gasteiger partial charge in [-0.2, -0.15) is 0 Å². The molecule has 0 unspecified atom stereocenters. The van der Waals surface area contributed by atoms with Crippen molar-refractivity contribution in [1.82, 2.24) is 5.32 Å². The summed E-state index contributed by atoms with van der Waals surface area (Å²) >= 11 is 0. The topological polar surface area (TPSA) is 92.4 Å². The number of hydrogen-bond acceptors (Lipinski definition) is 3. The Labute approximate surface area is 118 Å². The van der Waals surface area contributed by atoms with Gasteiger partial charge in [0, 0.05) is 18.5 Å². The zero-order valence-electron chi connectivity index (χ0n) is 11.3. The average molecular weight is 276 g/mol. The smallest absolute Gasteiger partial charge is 0.335 e. The van der Waals surface area contributed by atoms with Crippen molar-refractivity contribution >= 4 is 11.9 Å². The van der Waals surface area contributed by atoms with Crippen molar-refractivity contribution in [3.05, 3.63) is 35.4 Å². The van der Waals surface area contributed by atoms with Crippen molar-refractivity contribution in [2.24, 2.45) is 11.7 Å². The van der Waals surface area contributed by atoms with Crippen molar-refractivity contribution in [1.29, 1.82) is 0 Å². The lowest BCUT2D eigenvalue weighted by Crippen LogP contribution is -2.35. The Morgan fingerprint density at radius 3 is 2.30 bits per heavy atom. The highest BCUT2D eigenvalue weighted by Gasteiger charge is 2.24. The van der Waals surface area contributed by atoms with Gasteiger partial charge in [-0.15, -0.1) is 0 Å². The van der Waals surface area contributed by atoms with Gasteiger partial charge in [-0.25, -0.2) is 4.79 Å². The minimum Gasteiger partial charge on any atom is -0.478 e. The fraction of sp³-hybridized carbons (Fsp3) is 0.467. The summed E-state index contributed by atoms with van der Waals surface area (Å²) < 4.78 is 0. The lowest BCUT2D eigenvalue weighted by atomic mass is 9.86. The Kier molecular flexibility index (Phi) is 4.74. The van der Waals surface area contributed by atoms with Gasteiger partial charge in [0.25, 0.3) is 0 Å². The van der Waals surface area contributed by atoms with Crippen LogP contribution in [0.2, 0.25) is 0 Å². The van der Waals surface area contributed by atoms with E-state index in [9.17, 15) is 9.59 Å². The number of nitrogens with one attached hydrogen (secondary N) is 1. The summed E-state index contributed by atoms with van der Waals surface area (Å²) in [6.45, 7) is 0.432. The van der Waals surface area contributed by atoms with E-state index in [2.05, 4.69) is 5.32 Å². The summed E-state index contributed by atoms with van der Waals surface area (Å²) in [7, 11) is 0. The molecule has 0 bridgehead atoms. The second kappa shape index (κ2) is 6.52. The molecule has 20 heavy (non-hydrogen) atoms. The van der Waals surface area contributed by atoms with Gasteiger partial charge in [0.2, 0.25) is 5.91 Å². The van der Waals surface area contributed by atoms with E-state index in [4.69, 9.17) is 10.8 Å². The first kappa shape index (κ1) is 14.5. The zero-order chi connectivity index (χ0) is 14.5. The van der Waals surface area contributed by atoms with Crippen molar-refractivity contribution in [2.75, 3.05) is 0 Å². The highest BCUT2D eigenvalue weighted by Crippen LogP contribution is 2.23. The molecule has 2 rings (SSSR count). The Balaban J connectivity index is 1.82. The van der Waals surface area contributed by atoms with Crippen LogP contribution in [0.4, 0.5) is 0 Å². The molecule has 1 aromatic rings. The SMILES string of the molecule is NC1CCC(C(=O)NCc2ccc(C(=O)O)cc2)CC1. The van der Waals surface area contributed by atoms with Crippen LogP contribution < -0.4 is 11.1 Å². The summed E-state index contributed by atoms with van der Waals surface area (Å²) in [6, 6.07) is 6.77. The minimum absolute atomic E-state index is 0.0630. The van der Waals surface area contributed by atoms with E-state index < -0.39 is 5.97 Å². The lowest BCUT2D eigenvalue weighted by Gasteiger charge is -2.25. The first-order chi connectivity index (χ1) is 9.56. The third kappa shape index (κ3) is 3.81. The van der Waals surface area contributed by atoms with E-state index in [0.717, 1.165) is 31.2 Å². The van der Waals surface area contributed by atoms with Crippen molar-refractivity contribution < 1.29 is 14.7 Å². The predicted molar refractivity (Wildman–Crippen MR) is 75.2 cm³/mol. The highest BCUT2D eigenvalue weighted by molar-refractivity contribution is 5.87. The van der Waals surface area contributed by atoms with E-state index in [1.165, 1.54) is 0 Å². The second-order valence-electron chi connectivity index (χ2n) is 5.33. The van der Waals surface area contributed by atoms with E-state index in [0.29, 0.717) is 6.54 Å². The largest absolute Gasteiger partial charge is 0.478 e. The molecule has 1 amide bonds. The van der Waals surface area contributed by atoms with Gasteiger partial charge in [0.15, 0.2) is 0 Å². The number of hydrogen-bond donors (Lipinski definition) is 3. The molecule has 0 radical (unpaired) electrons. The maximum absolute atomic E-state index is 12.0. The molecule has 1 saturated carbocycles. The molecule has 1 aliphatic rings. The van der Waals surface area contributed by atoms with Gasteiger partial charge in [0.1, 0.15) is 0 Å². The van der Waals surface area contributed by atoms with Crippen LogP contribution in [0.25, 0.3) is 0 Å². The second-order valence-corrected chi connectivity index (χ2v) is 5.33. The third-order valence-electron chi connectivity index (χ3n) is 3.81. The summed E-state index contributed by atoms with van der Waals surface area (Å²) in [5.41, 5.74) is 6.97. The number of amides is 1. The normalized spacial score (nSPS) is 22.2. The molecule has 0 saturated heterocycles.